The first kappa shape index (κ1) is 15.9. The third-order valence-corrected chi connectivity index (χ3v) is 5.24. The van der Waals surface area contributed by atoms with Crippen molar-refractivity contribution in [1.82, 2.24) is 5.32 Å². The first-order valence-corrected chi connectivity index (χ1v) is 8.54. The number of amides is 2. The molecule has 2 heterocycles. The molecule has 6 nitrogen and oxygen atoms in total. The molecule has 1 aromatic heterocycles. The van der Waals surface area contributed by atoms with Gasteiger partial charge in [-0.15, -0.1) is 11.3 Å². The SMILES string of the molecule is CNC(=O)c1c(NC(=O)C2=COCCO2)sc2c1CC[C@H](C)C2. The van der Waals surface area contributed by atoms with Crippen molar-refractivity contribution in [2.45, 2.75) is 26.2 Å². The van der Waals surface area contributed by atoms with Crippen LogP contribution in [0.25, 0.3) is 0 Å². The van der Waals surface area contributed by atoms with Crippen molar-refractivity contribution in [3.05, 3.63) is 28.0 Å². The maximum absolute atomic E-state index is 12.3. The Kier molecular flexibility index (Phi) is 4.56. The van der Waals surface area contributed by atoms with E-state index < -0.39 is 0 Å². The van der Waals surface area contributed by atoms with E-state index in [1.165, 1.54) is 22.5 Å². The van der Waals surface area contributed by atoms with Crippen LogP contribution >= 0.6 is 11.3 Å². The lowest BCUT2D eigenvalue weighted by Crippen LogP contribution is -2.24. The van der Waals surface area contributed by atoms with E-state index in [2.05, 4.69) is 17.6 Å². The van der Waals surface area contributed by atoms with Crippen molar-refractivity contribution in [1.29, 1.82) is 0 Å². The van der Waals surface area contributed by atoms with Gasteiger partial charge in [-0.25, -0.2) is 0 Å². The summed E-state index contributed by atoms with van der Waals surface area (Å²) < 4.78 is 10.4. The van der Waals surface area contributed by atoms with Crippen LogP contribution in [0.2, 0.25) is 0 Å². The molecular weight excluding hydrogens is 316 g/mol. The zero-order valence-electron chi connectivity index (χ0n) is 13.2. The van der Waals surface area contributed by atoms with Gasteiger partial charge in [0.25, 0.3) is 11.8 Å². The number of rotatable bonds is 3. The lowest BCUT2D eigenvalue weighted by molar-refractivity contribution is -0.117. The van der Waals surface area contributed by atoms with Gasteiger partial charge in [0.1, 0.15) is 24.5 Å². The van der Waals surface area contributed by atoms with Crippen molar-refractivity contribution in [2.75, 3.05) is 25.6 Å². The van der Waals surface area contributed by atoms with Crippen molar-refractivity contribution in [3.63, 3.8) is 0 Å². The van der Waals surface area contributed by atoms with Gasteiger partial charge in [-0.2, -0.15) is 0 Å². The minimum atomic E-state index is -0.388. The van der Waals surface area contributed by atoms with Crippen molar-refractivity contribution >= 4 is 28.2 Å². The summed E-state index contributed by atoms with van der Waals surface area (Å²) in [5.74, 6) is 0.183. The van der Waals surface area contributed by atoms with Crippen molar-refractivity contribution in [3.8, 4) is 0 Å². The van der Waals surface area contributed by atoms with Gasteiger partial charge >= 0.3 is 0 Å². The zero-order chi connectivity index (χ0) is 16.4. The van der Waals surface area contributed by atoms with E-state index in [0.29, 0.717) is 29.7 Å². The highest BCUT2D eigenvalue weighted by atomic mass is 32.1. The van der Waals surface area contributed by atoms with E-state index in [1.807, 2.05) is 0 Å². The van der Waals surface area contributed by atoms with Crippen LogP contribution < -0.4 is 10.6 Å². The maximum Gasteiger partial charge on any atom is 0.294 e. The Morgan fingerprint density at radius 1 is 1.30 bits per heavy atom. The molecule has 2 aliphatic rings. The maximum atomic E-state index is 12.3. The van der Waals surface area contributed by atoms with E-state index in [1.54, 1.807) is 7.05 Å². The smallest absolute Gasteiger partial charge is 0.294 e. The summed E-state index contributed by atoms with van der Waals surface area (Å²) in [6.45, 7) is 2.99. The number of nitrogens with one attached hydrogen (secondary N) is 2. The standard InChI is InChI=1S/C16H20N2O4S/c1-9-3-4-10-12(7-9)23-16(13(10)15(20)17-2)18-14(19)11-8-21-5-6-22-11/h8-9H,3-7H2,1-2H3,(H,17,20)(H,18,19)/t9-/m0/s1. The number of hydrogen-bond donors (Lipinski definition) is 2. The first-order chi connectivity index (χ1) is 11.1. The van der Waals surface area contributed by atoms with Crippen LogP contribution in [0.4, 0.5) is 5.00 Å². The van der Waals surface area contributed by atoms with E-state index in [0.717, 1.165) is 24.8 Å². The highest BCUT2D eigenvalue weighted by Crippen LogP contribution is 2.39. The van der Waals surface area contributed by atoms with Crippen LogP contribution in [0.15, 0.2) is 12.0 Å². The summed E-state index contributed by atoms with van der Waals surface area (Å²) in [5.41, 5.74) is 1.66. The number of ether oxygens (including phenoxy) is 2. The predicted octanol–water partition coefficient (Wildman–Crippen LogP) is 2.06. The largest absolute Gasteiger partial charge is 0.494 e. The van der Waals surface area contributed by atoms with Crippen molar-refractivity contribution in [2.24, 2.45) is 5.92 Å². The second-order valence-corrected chi connectivity index (χ2v) is 6.90. The first-order valence-electron chi connectivity index (χ1n) is 7.72. The molecule has 0 bridgehead atoms. The van der Waals surface area contributed by atoms with Gasteiger partial charge in [0.2, 0.25) is 5.76 Å². The second-order valence-electron chi connectivity index (χ2n) is 5.79. The van der Waals surface area contributed by atoms with Gasteiger partial charge < -0.3 is 20.1 Å². The third-order valence-electron chi connectivity index (χ3n) is 4.07. The monoisotopic (exact) mass is 336 g/mol. The summed E-state index contributed by atoms with van der Waals surface area (Å²) >= 11 is 1.49. The average molecular weight is 336 g/mol. The highest BCUT2D eigenvalue weighted by Gasteiger charge is 2.28. The second kappa shape index (κ2) is 6.62. The Morgan fingerprint density at radius 2 is 2.13 bits per heavy atom. The van der Waals surface area contributed by atoms with E-state index in [4.69, 9.17) is 9.47 Å². The van der Waals surface area contributed by atoms with Crippen LogP contribution in [0, 0.1) is 5.92 Å². The molecule has 2 N–H and O–H groups in total. The summed E-state index contributed by atoms with van der Waals surface area (Å²) in [6.07, 6.45) is 4.19. The van der Waals surface area contributed by atoms with Crippen LogP contribution in [-0.4, -0.2) is 32.1 Å². The van der Waals surface area contributed by atoms with Gasteiger partial charge in [0, 0.05) is 11.9 Å². The average Bonchev–Trinajstić information content (AvgIpc) is 2.91. The summed E-state index contributed by atoms with van der Waals surface area (Å²) in [5, 5.41) is 6.07. The van der Waals surface area contributed by atoms with E-state index in [-0.39, 0.29) is 17.6 Å². The molecule has 0 fully saturated rings. The van der Waals surface area contributed by atoms with Gasteiger partial charge in [-0.3, -0.25) is 9.59 Å². The van der Waals surface area contributed by atoms with Gasteiger partial charge in [-0.1, -0.05) is 6.92 Å². The molecule has 1 aliphatic carbocycles. The van der Waals surface area contributed by atoms with Crippen LogP contribution in [-0.2, 0) is 27.1 Å². The number of anilines is 1. The summed E-state index contributed by atoms with van der Waals surface area (Å²) in [7, 11) is 1.60. The Balaban J connectivity index is 1.90. The highest BCUT2D eigenvalue weighted by molar-refractivity contribution is 7.17. The molecule has 23 heavy (non-hydrogen) atoms. The zero-order valence-corrected chi connectivity index (χ0v) is 14.0. The minimum absolute atomic E-state index is 0.138. The molecule has 0 spiro atoms. The Morgan fingerprint density at radius 3 is 2.83 bits per heavy atom. The predicted molar refractivity (Wildman–Crippen MR) is 87.5 cm³/mol. The summed E-state index contributed by atoms with van der Waals surface area (Å²) in [4.78, 5) is 25.8. The third kappa shape index (κ3) is 3.19. The number of fused-ring (bicyclic) bond motifs is 1. The molecule has 7 heteroatoms. The Hall–Kier alpha value is -2.02. The number of thiophene rings is 1. The van der Waals surface area contributed by atoms with Gasteiger partial charge in [0.05, 0.1) is 5.56 Å². The normalized spacial score (nSPS) is 19.7. The van der Waals surface area contributed by atoms with Crippen LogP contribution in [0.5, 0.6) is 0 Å². The van der Waals surface area contributed by atoms with Gasteiger partial charge in [-0.05, 0) is 30.7 Å². The Labute approximate surface area is 138 Å². The number of hydrogen-bond acceptors (Lipinski definition) is 5. The molecular formula is C16H20N2O4S. The number of carbonyl (C=O) groups is 2. The Bertz CT molecular complexity index is 665. The molecule has 0 saturated heterocycles. The van der Waals surface area contributed by atoms with Gasteiger partial charge in [0.15, 0.2) is 0 Å². The van der Waals surface area contributed by atoms with Crippen LogP contribution in [0.3, 0.4) is 0 Å². The summed E-state index contributed by atoms with van der Waals surface area (Å²) in [6, 6.07) is 0. The lowest BCUT2D eigenvalue weighted by atomic mass is 9.88. The molecule has 1 atom stereocenters. The topological polar surface area (TPSA) is 76.7 Å². The molecule has 2 amide bonds. The molecule has 0 saturated carbocycles. The van der Waals surface area contributed by atoms with E-state index in [9.17, 15) is 9.59 Å². The fourth-order valence-corrected chi connectivity index (χ4v) is 4.26. The number of carbonyl (C=O) groups excluding carboxylic acids is 2. The van der Waals surface area contributed by atoms with Crippen molar-refractivity contribution < 1.29 is 19.1 Å². The molecule has 0 aromatic carbocycles. The fraction of sp³-hybridized carbons (Fsp3) is 0.500. The quantitative estimate of drug-likeness (QED) is 0.886. The van der Waals surface area contributed by atoms with E-state index >= 15 is 0 Å². The minimum Gasteiger partial charge on any atom is -0.494 e. The molecule has 1 aromatic rings. The molecule has 1 aliphatic heterocycles. The van der Waals surface area contributed by atoms with Crippen LogP contribution in [0.1, 0.15) is 34.1 Å². The fourth-order valence-electron chi connectivity index (χ4n) is 2.86. The molecule has 124 valence electrons. The molecule has 0 radical (unpaired) electrons. The molecule has 3 rings (SSSR count). The molecule has 0 unspecified atom stereocenters. The lowest BCUT2D eigenvalue weighted by Gasteiger charge is -2.18.